The van der Waals surface area contributed by atoms with Gasteiger partial charge in [-0.3, -0.25) is 9.00 Å². The highest BCUT2D eigenvalue weighted by atomic mass is 32.2. The van der Waals surface area contributed by atoms with Gasteiger partial charge in [-0.2, -0.15) is 0 Å². The summed E-state index contributed by atoms with van der Waals surface area (Å²) < 4.78 is 18.3. The van der Waals surface area contributed by atoms with Crippen LogP contribution >= 0.6 is 0 Å². The Morgan fingerprint density at radius 1 is 1.33 bits per heavy atom. The fraction of sp³-hybridized carbons (Fsp3) is 0.632. The molecule has 1 aliphatic carbocycles. The van der Waals surface area contributed by atoms with Crippen LogP contribution in [0.3, 0.4) is 0 Å². The van der Waals surface area contributed by atoms with Crippen LogP contribution in [-0.2, 0) is 20.3 Å². The number of benzene rings is 1. The Morgan fingerprint density at radius 3 is 2.58 bits per heavy atom. The van der Waals surface area contributed by atoms with E-state index in [1.807, 2.05) is 38.1 Å². The normalized spacial score (nSPS) is 26.6. The Labute approximate surface area is 147 Å². The summed E-state index contributed by atoms with van der Waals surface area (Å²) in [5.74, 6) is -1.01. The van der Waals surface area contributed by atoms with Crippen molar-refractivity contribution in [1.29, 1.82) is 0 Å². The van der Waals surface area contributed by atoms with E-state index in [4.69, 9.17) is 4.74 Å². The third kappa shape index (κ3) is 3.89. The summed E-state index contributed by atoms with van der Waals surface area (Å²) in [7, 11) is -1.35. The van der Waals surface area contributed by atoms with Gasteiger partial charge >= 0.3 is 5.97 Å². The first-order valence-corrected chi connectivity index (χ1v) is 10.0. The van der Waals surface area contributed by atoms with Crippen LogP contribution in [0, 0.1) is 12.8 Å². The molecule has 0 radical (unpaired) electrons. The van der Waals surface area contributed by atoms with Gasteiger partial charge in [0.15, 0.2) is 0 Å². The van der Waals surface area contributed by atoms with Crippen molar-refractivity contribution in [3.63, 3.8) is 0 Å². The van der Waals surface area contributed by atoms with E-state index in [1.165, 1.54) is 0 Å². The topological polar surface area (TPSA) is 63.6 Å². The average molecular weight is 352 g/mol. The Bertz CT molecular complexity index is 584. The van der Waals surface area contributed by atoms with Gasteiger partial charge < -0.3 is 9.84 Å². The number of rotatable bonds is 6. The van der Waals surface area contributed by atoms with Crippen molar-refractivity contribution in [2.75, 3.05) is 6.61 Å². The predicted molar refractivity (Wildman–Crippen MR) is 95.2 cm³/mol. The zero-order valence-electron chi connectivity index (χ0n) is 14.8. The molecule has 1 aliphatic rings. The molecule has 0 aromatic heterocycles. The first-order valence-electron chi connectivity index (χ1n) is 8.80. The Morgan fingerprint density at radius 2 is 2.00 bits per heavy atom. The second-order valence-electron chi connectivity index (χ2n) is 6.55. The van der Waals surface area contributed by atoms with Crippen LogP contribution in [0.15, 0.2) is 29.2 Å². The maximum Gasteiger partial charge on any atom is 0.311 e. The first-order chi connectivity index (χ1) is 11.4. The van der Waals surface area contributed by atoms with E-state index in [0.717, 1.165) is 18.4 Å². The molecule has 2 rings (SSSR count). The van der Waals surface area contributed by atoms with Crippen molar-refractivity contribution >= 4 is 16.8 Å². The first kappa shape index (κ1) is 19.1. The van der Waals surface area contributed by atoms with E-state index in [9.17, 15) is 14.1 Å². The molecule has 0 spiro atoms. The number of hydrogen-bond donors (Lipinski definition) is 1. The van der Waals surface area contributed by atoms with Crippen LogP contribution in [0.1, 0.15) is 51.5 Å². The number of hydrogen-bond acceptors (Lipinski definition) is 4. The van der Waals surface area contributed by atoms with Crippen molar-refractivity contribution in [2.24, 2.45) is 5.92 Å². The molecular formula is C19H28O4S. The van der Waals surface area contributed by atoms with Crippen molar-refractivity contribution < 1.29 is 18.8 Å². The molecule has 4 nitrogen and oxygen atoms in total. The quantitative estimate of drug-likeness (QED) is 0.797. The molecule has 1 N–H and O–H groups in total. The van der Waals surface area contributed by atoms with Crippen molar-refractivity contribution in [3.05, 3.63) is 29.8 Å². The molecule has 5 heteroatoms. The highest BCUT2D eigenvalue weighted by Gasteiger charge is 2.50. The minimum Gasteiger partial charge on any atom is -0.466 e. The average Bonchev–Trinajstić information content (AvgIpc) is 2.56. The van der Waals surface area contributed by atoms with E-state index in [0.29, 0.717) is 24.2 Å². The van der Waals surface area contributed by atoms with Gasteiger partial charge in [0.2, 0.25) is 0 Å². The predicted octanol–water partition coefficient (Wildman–Crippen LogP) is 3.37. The SMILES string of the molecule is CCOC(=O)C(CC)C1(O)CCCCC1S(=O)c1ccc(C)cc1. The Balaban J connectivity index is 2.32. The summed E-state index contributed by atoms with van der Waals surface area (Å²) in [5.41, 5.74) is -0.165. The number of aliphatic hydroxyl groups is 1. The monoisotopic (exact) mass is 352 g/mol. The molecule has 4 atom stereocenters. The zero-order valence-corrected chi connectivity index (χ0v) is 15.6. The minimum absolute atomic E-state index is 0.289. The lowest BCUT2D eigenvalue weighted by Gasteiger charge is -2.43. The fourth-order valence-electron chi connectivity index (χ4n) is 3.64. The van der Waals surface area contributed by atoms with Gasteiger partial charge in [-0.25, -0.2) is 0 Å². The van der Waals surface area contributed by atoms with E-state index >= 15 is 0 Å². The molecule has 134 valence electrons. The van der Waals surface area contributed by atoms with Gasteiger partial charge in [-0.05, 0) is 45.2 Å². The molecule has 4 unspecified atom stereocenters. The van der Waals surface area contributed by atoms with Crippen LogP contribution in [0.5, 0.6) is 0 Å². The highest BCUT2D eigenvalue weighted by Crippen LogP contribution is 2.41. The summed E-state index contributed by atoms with van der Waals surface area (Å²) in [4.78, 5) is 13.1. The van der Waals surface area contributed by atoms with Gasteiger partial charge in [-0.1, -0.05) is 37.5 Å². The molecule has 1 saturated carbocycles. The van der Waals surface area contributed by atoms with Gasteiger partial charge in [0.05, 0.1) is 34.2 Å². The Kier molecular flexibility index (Phi) is 6.58. The number of carbonyl (C=O) groups is 1. The highest BCUT2D eigenvalue weighted by molar-refractivity contribution is 7.85. The maximum atomic E-state index is 13.1. The number of esters is 1. The third-order valence-electron chi connectivity index (χ3n) is 4.95. The number of ether oxygens (including phenoxy) is 1. The largest absolute Gasteiger partial charge is 0.466 e. The van der Waals surface area contributed by atoms with Gasteiger partial charge in [0.1, 0.15) is 0 Å². The van der Waals surface area contributed by atoms with Crippen LogP contribution < -0.4 is 0 Å². The smallest absolute Gasteiger partial charge is 0.311 e. The van der Waals surface area contributed by atoms with Gasteiger partial charge in [0, 0.05) is 4.90 Å². The van der Waals surface area contributed by atoms with Crippen molar-refractivity contribution in [2.45, 2.75) is 68.6 Å². The number of carbonyl (C=O) groups excluding carboxylic acids is 1. The van der Waals surface area contributed by atoms with Crippen LogP contribution in [0.2, 0.25) is 0 Å². The van der Waals surface area contributed by atoms with E-state index < -0.39 is 27.6 Å². The zero-order chi connectivity index (χ0) is 17.7. The molecule has 24 heavy (non-hydrogen) atoms. The standard InChI is InChI=1S/C19H28O4S/c1-4-16(18(20)23-5-2)19(21)13-7-6-8-17(19)24(22)15-11-9-14(3)10-12-15/h9-12,16-17,21H,4-8,13H2,1-3H3. The second kappa shape index (κ2) is 8.26. The molecule has 0 saturated heterocycles. The van der Waals surface area contributed by atoms with E-state index in [2.05, 4.69) is 0 Å². The van der Waals surface area contributed by atoms with Crippen molar-refractivity contribution in [1.82, 2.24) is 0 Å². The van der Waals surface area contributed by atoms with Crippen LogP contribution in [0.25, 0.3) is 0 Å². The summed E-state index contributed by atoms with van der Waals surface area (Å²) in [6.07, 6.45) is 3.40. The number of aryl methyl sites for hydroxylation is 1. The van der Waals surface area contributed by atoms with Crippen LogP contribution in [-0.4, -0.2) is 32.7 Å². The van der Waals surface area contributed by atoms with E-state index in [-0.39, 0.29) is 12.6 Å². The lowest BCUT2D eigenvalue weighted by atomic mass is 9.74. The summed E-state index contributed by atoms with van der Waals surface area (Å²) in [6, 6.07) is 7.56. The maximum absolute atomic E-state index is 13.1. The molecule has 1 fully saturated rings. The van der Waals surface area contributed by atoms with E-state index in [1.54, 1.807) is 6.92 Å². The lowest BCUT2D eigenvalue weighted by Crippen LogP contribution is -2.55. The molecule has 1 aromatic rings. The molecular weight excluding hydrogens is 324 g/mol. The van der Waals surface area contributed by atoms with Gasteiger partial charge in [-0.15, -0.1) is 0 Å². The molecule has 0 bridgehead atoms. The summed E-state index contributed by atoms with van der Waals surface area (Å²) in [6.45, 7) is 5.91. The van der Waals surface area contributed by atoms with Gasteiger partial charge in [0.25, 0.3) is 0 Å². The second-order valence-corrected chi connectivity index (χ2v) is 8.18. The lowest BCUT2D eigenvalue weighted by molar-refractivity contribution is -0.160. The third-order valence-corrected chi connectivity index (χ3v) is 6.84. The molecule has 0 amide bonds. The molecule has 1 aromatic carbocycles. The molecule has 0 heterocycles. The summed E-state index contributed by atoms with van der Waals surface area (Å²) in [5, 5.41) is 10.9. The van der Waals surface area contributed by atoms with Crippen molar-refractivity contribution in [3.8, 4) is 0 Å². The summed E-state index contributed by atoms with van der Waals surface area (Å²) >= 11 is 0. The minimum atomic E-state index is -1.35. The Hall–Kier alpha value is -1.20. The van der Waals surface area contributed by atoms with Crippen LogP contribution in [0.4, 0.5) is 0 Å². The molecule has 0 aliphatic heterocycles. The fourth-order valence-corrected chi connectivity index (χ4v) is 5.41.